The van der Waals surface area contributed by atoms with Crippen LogP contribution < -0.4 is 17.1 Å². The van der Waals surface area contributed by atoms with Crippen LogP contribution in [-0.2, 0) is 29.1 Å². The van der Waals surface area contributed by atoms with Gasteiger partial charge in [0, 0.05) is 12.5 Å². The van der Waals surface area contributed by atoms with Crippen LogP contribution in [0.15, 0.2) is 27.0 Å². The minimum Gasteiger partial charge on any atom is -0.381 e. The maximum absolute atomic E-state index is 12.4. The third-order valence-corrected chi connectivity index (χ3v) is 3.63. The Kier molecular flexibility index (Phi) is 3.64. The molecule has 21 heavy (non-hydrogen) atoms. The first kappa shape index (κ1) is 14.0. The van der Waals surface area contributed by atoms with Gasteiger partial charge in [-0.1, -0.05) is 6.08 Å². The summed E-state index contributed by atoms with van der Waals surface area (Å²) in [4.78, 5) is 37.0. The van der Waals surface area contributed by atoms with Gasteiger partial charge in [-0.2, -0.15) is 0 Å². The van der Waals surface area contributed by atoms with Crippen molar-refractivity contribution in [1.29, 1.82) is 0 Å². The molecule has 1 aromatic heterocycles. The van der Waals surface area contributed by atoms with Crippen LogP contribution in [0.2, 0.25) is 0 Å². The van der Waals surface area contributed by atoms with Gasteiger partial charge in [-0.05, 0) is 0 Å². The van der Waals surface area contributed by atoms with Gasteiger partial charge in [0.15, 0.2) is 0 Å². The Labute approximate surface area is 119 Å². The third kappa shape index (κ3) is 2.64. The Morgan fingerprint density at radius 2 is 1.57 bits per heavy atom. The molecule has 0 saturated carbocycles. The number of aromatic nitrogens is 3. The summed E-state index contributed by atoms with van der Waals surface area (Å²) in [6.07, 6.45) is 1.34. The van der Waals surface area contributed by atoms with E-state index in [2.05, 4.69) is 6.58 Å². The molecule has 0 aromatic carbocycles. The summed E-state index contributed by atoms with van der Waals surface area (Å²) in [5.41, 5.74) is -1.78. The van der Waals surface area contributed by atoms with Crippen LogP contribution >= 0.6 is 0 Å². The van der Waals surface area contributed by atoms with Gasteiger partial charge < -0.3 is 9.47 Å². The summed E-state index contributed by atoms with van der Waals surface area (Å²) in [5.74, 6) is 0.135. The smallest absolute Gasteiger partial charge is 0.336 e. The van der Waals surface area contributed by atoms with E-state index in [0.29, 0.717) is 19.8 Å². The number of nitrogens with zero attached hydrogens (tertiary/aromatic N) is 3. The maximum Gasteiger partial charge on any atom is 0.336 e. The van der Waals surface area contributed by atoms with Gasteiger partial charge in [0.1, 0.15) is 0 Å². The lowest BCUT2D eigenvalue weighted by Crippen LogP contribution is -2.56. The van der Waals surface area contributed by atoms with Crippen LogP contribution in [0.1, 0.15) is 0 Å². The van der Waals surface area contributed by atoms with Gasteiger partial charge >= 0.3 is 17.1 Å². The number of allylic oxidation sites excluding steroid dienone is 1. The molecule has 0 N–H and O–H groups in total. The summed E-state index contributed by atoms with van der Waals surface area (Å²) >= 11 is 0. The number of hydrogen-bond donors (Lipinski definition) is 0. The molecule has 2 aliphatic rings. The molecule has 3 heterocycles. The monoisotopic (exact) mass is 295 g/mol. The lowest BCUT2D eigenvalue weighted by molar-refractivity contribution is -0.0408. The number of ether oxygens (including phenoxy) is 2. The second kappa shape index (κ2) is 5.45. The fourth-order valence-electron chi connectivity index (χ4n) is 2.31. The quantitative estimate of drug-likeness (QED) is 0.466. The average Bonchev–Trinajstić information content (AvgIpc) is 3.22. The number of hydrogen-bond acceptors (Lipinski definition) is 5. The highest BCUT2D eigenvalue weighted by Crippen LogP contribution is 2.11. The zero-order valence-corrected chi connectivity index (χ0v) is 11.6. The first-order valence-corrected chi connectivity index (χ1v) is 6.86. The highest BCUT2D eigenvalue weighted by atomic mass is 16.6. The average molecular weight is 295 g/mol. The van der Waals surface area contributed by atoms with Gasteiger partial charge in [0.05, 0.1) is 39.0 Å². The summed E-state index contributed by atoms with van der Waals surface area (Å²) in [5, 5.41) is 0. The molecule has 0 bridgehead atoms. The second-order valence-corrected chi connectivity index (χ2v) is 5.33. The Bertz CT molecular complexity index is 721. The van der Waals surface area contributed by atoms with Crippen molar-refractivity contribution in [2.45, 2.75) is 25.7 Å². The highest BCUT2D eigenvalue weighted by molar-refractivity contribution is 4.85. The Hall–Kier alpha value is -1.93. The molecule has 2 saturated heterocycles. The van der Waals surface area contributed by atoms with Crippen molar-refractivity contribution in [3.05, 3.63) is 44.1 Å². The van der Waals surface area contributed by atoms with Crippen molar-refractivity contribution in [3.8, 4) is 0 Å². The van der Waals surface area contributed by atoms with Crippen molar-refractivity contribution >= 4 is 0 Å². The minimum atomic E-state index is -0.610. The lowest BCUT2D eigenvalue weighted by atomic mass is 10.1. The number of epoxide rings is 1. The molecule has 8 nitrogen and oxygen atoms in total. The van der Waals surface area contributed by atoms with Crippen molar-refractivity contribution < 1.29 is 9.47 Å². The molecular formula is C13H17N3O5. The van der Waals surface area contributed by atoms with E-state index in [0.717, 1.165) is 13.7 Å². The molecule has 0 aliphatic carbocycles. The summed E-state index contributed by atoms with van der Waals surface area (Å²) in [6.45, 7) is 5.64. The van der Waals surface area contributed by atoms with Crippen LogP contribution in [-0.4, -0.2) is 39.6 Å². The number of rotatable bonds is 6. The van der Waals surface area contributed by atoms with E-state index >= 15 is 0 Å². The van der Waals surface area contributed by atoms with Gasteiger partial charge in [0.25, 0.3) is 0 Å². The minimum absolute atomic E-state index is 0.0740. The van der Waals surface area contributed by atoms with Crippen LogP contribution in [0.5, 0.6) is 0 Å². The van der Waals surface area contributed by atoms with Gasteiger partial charge in [-0.25, -0.2) is 28.1 Å². The van der Waals surface area contributed by atoms with Crippen molar-refractivity contribution in [2.75, 3.05) is 19.8 Å². The van der Waals surface area contributed by atoms with Gasteiger partial charge in [-0.3, -0.25) is 0 Å². The molecule has 2 fully saturated rings. The summed E-state index contributed by atoms with van der Waals surface area (Å²) in [7, 11) is 0. The van der Waals surface area contributed by atoms with Crippen LogP contribution in [0.25, 0.3) is 0 Å². The fraction of sp³-hybridized carbons (Fsp3) is 0.615. The van der Waals surface area contributed by atoms with Crippen molar-refractivity contribution in [1.82, 2.24) is 13.7 Å². The molecule has 1 aromatic rings. The molecule has 2 aliphatic heterocycles. The second-order valence-electron chi connectivity index (χ2n) is 5.33. The summed E-state index contributed by atoms with van der Waals surface area (Å²) in [6, 6.07) is 0. The fourth-order valence-corrected chi connectivity index (χ4v) is 2.31. The van der Waals surface area contributed by atoms with E-state index in [1.54, 1.807) is 0 Å². The molecule has 8 heteroatoms. The molecule has 0 spiro atoms. The van der Waals surface area contributed by atoms with E-state index in [-0.39, 0.29) is 31.7 Å². The third-order valence-electron chi connectivity index (χ3n) is 3.63. The molecule has 3 rings (SSSR count). The molecule has 0 unspecified atom stereocenters. The molecule has 114 valence electrons. The van der Waals surface area contributed by atoms with E-state index in [9.17, 15) is 14.4 Å². The Balaban J connectivity index is 2.09. The molecule has 0 radical (unpaired) electrons. The van der Waals surface area contributed by atoms with Crippen LogP contribution in [0.4, 0.5) is 0 Å². The zero-order chi connectivity index (χ0) is 15.0. The first-order valence-electron chi connectivity index (χ1n) is 6.86. The Morgan fingerprint density at radius 1 is 1.00 bits per heavy atom. The summed E-state index contributed by atoms with van der Waals surface area (Å²) < 4.78 is 13.3. The van der Waals surface area contributed by atoms with E-state index in [4.69, 9.17) is 9.47 Å². The normalized spacial score (nSPS) is 21.0. The van der Waals surface area contributed by atoms with Crippen LogP contribution in [0, 0.1) is 5.92 Å². The van der Waals surface area contributed by atoms with Crippen molar-refractivity contribution in [2.24, 2.45) is 5.92 Å². The maximum atomic E-state index is 12.4. The van der Waals surface area contributed by atoms with E-state index in [1.807, 2.05) is 0 Å². The predicted octanol–water partition coefficient (Wildman–Crippen LogP) is -1.60. The molecule has 0 amide bonds. The topological polar surface area (TPSA) is 87.8 Å². The van der Waals surface area contributed by atoms with Crippen molar-refractivity contribution in [3.63, 3.8) is 0 Å². The molecule has 1 atom stereocenters. The highest BCUT2D eigenvalue weighted by Gasteiger charge is 2.27. The lowest BCUT2D eigenvalue weighted by Gasteiger charge is -2.26. The van der Waals surface area contributed by atoms with Gasteiger partial charge in [0.2, 0.25) is 0 Å². The van der Waals surface area contributed by atoms with E-state index in [1.165, 1.54) is 6.08 Å². The standard InChI is InChI=1S/C13H17N3O5/c1-2-3-14-11(17)15(4-9-6-20-7-9)13(19)16(12(14)18)5-10-8-21-10/h2,9-10H,1,3-8H2/t10-/m1/s1. The first-order chi connectivity index (χ1) is 10.1. The molecular weight excluding hydrogens is 278 g/mol. The SMILES string of the molecule is C=CCn1c(=O)n(CC2COC2)c(=O)n(C[C@@H]2CO2)c1=O. The zero-order valence-electron chi connectivity index (χ0n) is 11.6. The van der Waals surface area contributed by atoms with Crippen LogP contribution in [0.3, 0.4) is 0 Å². The van der Waals surface area contributed by atoms with E-state index < -0.39 is 17.1 Å². The largest absolute Gasteiger partial charge is 0.381 e. The van der Waals surface area contributed by atoms with Gasteiger partial charge in [-0.15, -0.1) is 6.58 Å². The Morgan fingerprint density at radius 3 is 2.05 bits per heavy atom. The predicted molar refractivity (Wildman–Crippen MR) is 73.5 cm³/mol.